The molecule has 0 unspecified atom stereocenters. The number of halogens is 2. The highest BCUT2D eigenvalue weighted by Gasteiger charge is 2.03. The van der Waals surface area contributed by atoms with Gasteiger partial charge in [-0.15, -0.1) is 0 Å². The normalized spacial score (nSPS) is 9.71. The van der Waals surface area contributed by atoms with Gasteiger partial charge in [-0.25, -0.2) is 4.39 Å². The van der Waals surface area contributed by atoms with E-state index in [1.807, 2.05) is 6.07 Å². The van der Waals surface area contributed by atoms with E-state index in [0.29, 0.717) is 22.0 Å². The minimum Gasteiger partial charge on any atom is -0.354 e. The molecule has 84 valence electrons. The fraction of sp³-hybridized carbons (Fsp3) is 0. The first-order chi connectivity index (χ1) is 8.19. The summed E-state index contributed by atoms with van der Waals surface area (Å²) in [4.78, 5) is 0. The molecule has 4 heteroatoms. The first-order valence-corrected chi connectivity index (χ1v) is 5.29. The van der Waals surface area contributed by atoms with Crippen molar-refractivity contribution in [3.8, 4) is 6.07 Å². The molecule has 2 rings (SSSR count). The number of rotatable bonds is 2. The highest BCUT2D eigenvalue weighted by Crippen LogP contribution is 2.23. The van der Waals surface area contributed by atoms with Gasteiger partial charge < -0.3 is 5.32 Å². The molecule has 2 aromatic carbocycles. The van der Waals surface area contributed by atoms with Crippen molar-refractivity contribution in [2.45, 2.75) is 0 Å². The largest absolute Gasteiger partial charge is 0.354 e. The smallest absolute Gasteiger partial charge is 0.125 e. The molecule has 0 fully saturated rings. The van der Waals surface area contributed by atoms with Gasteiger partial charge in [-0.3, -0.25) is 0 Å². The lowest BCUT2D eigenvalue weighted by molar-refractivity contribution is 0.628. The third-order valence-corrected chi connectivity index (χ3v) is 2.44. The fourth-order valence-electron chi connectivity index (χ4n) is 1.44. The quantitative estimate of drug-likeness (QED) is 0.866. The Kier molecular flexibility index (Phi) is 3.27. The Labute approximate surface area is 103 Å². The zero-order valence-corrected chi connectivity index (χ0v) is 9.50. The maximum absolute atomic E-state index is 13.0. The summed E-state index contributed by atoms with van der Waals surface area (Å²) in [6, 6.07) is 13.0. The number of hydrogen-bond donors (Lipinski definition) is 1. The lowest BCUT2D eigenvalue weighted by Crippen LogP contribution is -1.93. The van der Waals surface area contributed by atoms with E-state index in [0.717, 1.165) is 0 Å². The highest BCUT2D eigenvalue weighted by molar-refractivity contribution is 6.30. The van der Waals surface area contributed by atoms with Crippen molar-refractivity contribution in [2.24, 2.45) is 0 Å². The van der Waals surface area contributed by atoms with Crippen LogP contribution in [0.5, 0.6) is 0 Å². The summed E-state index contributed by atoms with van der Waals surface area (Å²) in [5.74, 6) is -0.331. The van der Waals surface area contributed by atoms with Crippen LogP contribution in [0.4, 0.5) is 15.8 Å². The van der Waals surface area contributed by atoms with Crippen LogP contribution in [0, 0.1) is 17.1 Å². The second-order valence-electron chi connectivity index (χ2n) is 3.44. The summed E-state index contributed by atoms with van der Waals surface area (Å²) in [6.07, 6.45) is 0. The van der Waals surface area contributed by atoms with Gasteiger partial charge in [-0.1, -0.05) is 17.7 Å². The van der Waals surface area contributed by atoms with E-state index in [4.69, 9.17) is 16.9 Å². The zero-order valence-electron chi connectivity index (χ0n) is 8.74. The maximum atomic E-state index is 13.0. The highest BCUT2D eigenvalue weighted by atomic mass is 35.5. The molecule has 0 aliphatic carbocycles. The summed E-state index contributed by atoms with van der Waals surface area (Å²) < 4.78 is 13.0. The predicted molar refractivity (Wildman–Crippen MR) is 65.8 cm³/mol. The monoisotopic (exact) mass is 246 g/mol. The molecule has 2 nitrogen and oxygen atoms in total. The molecule has 0 saturated carbocycles. The summed E-state index contributed by atoms with van der Waals surface area (Å²) in [5.41, 5.74) is 1.60. The van der Waals surface area contributed by atoms with Crippen molar-refractivity contribution in [2.75, 3.05) is 5.32 Å². The third-order valence-electron chi connectivity index (χ3n) is 2.21. The molecule has 2 aromatic rings. The maximum Gasteiger partial charge on any atom is 0.125 e. The second kappa shape index (κ2) is 4.86. The summed E-state index contributed by atoms with van der Waals surface area (Å²) >= 11 is 5.78. The Morgan fingerprint density at radius 1 is 1.18 bits per heavy atom. The number of anilines is 2. The molecule has 0 heterocycles. The number of nitrogens with one attached hydrogen (secondary N) is 1. The first-order valence-electron chi connectivity index (χ1n) is 4.91. The van der Waals surface area contributed by atoms with Gasteiger partial charge in [0.05, 0.1) is 11.3 Å². The van der Waals surface area contributed by atoms with Gasteiger partial charge in [0.2, 0.25) is 0 Å². The topological polar surface area (TPSA) is 35.8 Å². The van der Waals surface area contributed by atoms with Gasteiger partial charge in [0, 0.05) is 10.7 Å². The molecule has 0 saturated heterocycles. The van der Waals surface area contributed by atoms with E-state index in [-0.39, 0.29) is 5.82 Å². The van der Waals surface area contributed by atoms with E-state index in [9.17, 15) is 4.39 Å². The van der Waals surface area contributed by atoms with Crippen molar-refractivity contribution in [1.82, 2.24) is 0 Å². The third kappa shape index (κ3) is 2.74. The minimum absolute atomic E-state index is 0.331. The van der Waals surface area contributed by atoms with Crippen LogP contribution in [0.25, 0.3) is 0 Å². The Balaban J connectivity index is 2.34. The minimum atomic E-state index is -0.331. The van der Waals surface area contributed by atoms with Gasteiger partial charge in [0.25, 0.3) is 0 Å². The Morgan fingerprint density at radius 2 is 2.00 bits per heavy atom. The van der Waals surface area contributed by atoms with E-state index >= 15 is 0 Å². The van der Waals surface area contributed by atoms with Crippen LogP contribution in [0.3, 0.4) is 0 Å². The summed E-state index contributed by atoms with van der Waals surface area (Å²) in [5, 5.41) is 12.4. The molecule has 0 aliphatic rings. The van der Waals surface area contributed by atoms with Crippen LogP contribution in [0.15, 0.2) is 42.5 Å². The summed E-state index contributed by atoms with van der Waals surface area (Å²) in [6.45, 7) is 0. The van der Waals surface area contributed by atoms with Crippen LogP contribution < -0.4 is 5.32 Å². The van der Waals surface area contributed by atoms with Gasteiger partial charge in [-0.05, 0) is 36.4 Å². The molecule has 17 heavy (non-hydrogen) atoms. The molecular formula is C13H8ClFN2. The fourth-order valence-corrected chi connectivity index (χ4v) is 1.61. The lowest BCUT2D eigenvalue weighted by atomic mass is 10.2. The molecule has 0 bridgehead atoms. The second-order valence-corrected chi connectivity index (χ2v) is 3.87. The Morgan fingerprint density at radius 3 is 2.71 bits per heavy atom. The lowest BCUT2D eigenvalue weighted by Gasteiger charge is -2.08. The van der Waals surface area contributed by atoms with Crippen LogP contribution in [0.2, 0.25) is 5.02 Å². The molecule has 0 amide bonds. The SMILES string of the molecule is N#Cc1cc(Cl)ccc1Nc1cccc(F)c1. The molecule has 0 aliphatic heterocycles. The van der Waals surface area contributed by atoms with Gasteiger partial charge in [-0.2, -0.15) is 5.26 Å². The molecule has 0 atom stereocenters. The number of hydrogen-bond acceptors (Lipinski definition) is 2. The van der Waals surface area contributed by atoms with Crippen LogP contribution in [-0.2, 0) is 0 Å². The Bertz CT molecular complexity index is 590. The van der Waals surface area contributed by atoms with Crippen molar-refractivity contribution in [3.63, 3.8) is 0 Å². The van der Waals surface area contributed by atoms with Crippen molar-refractivity contribution in [3.05, 3.63) is 58.9 Å². The van der Waals surface area contributed by atoms with Crippen LogP contribution >= 0.6 is 11.6 Å². The zero-order chi connectivity index (χ0) is 12.3. The van der Waals surface area contributed by atoms with E-state index in [1.54, 1.807) is 30.3 Å². The number of nitriles is 1. The number of benzene rings is 2. The van der Waals surface area contributed by atoms with E-state index in [1.165, 1.54) is 12.1 Å². The van der Waals surface area contributed by atoms with E-state index < -0.39 is 0 Å². The van der Waals surface area contributed by atoms with Crippen molar-refractivity contribution < 1.29 is 4.39 Å². The molecular weight excluding hydrogens is 239 g/mol. The van der Waals surface area contributed by atoms with Crippen LogP contribution in [-0.4, -0.2) is 0 Å². The molecule has 1 N–H and O–H groups in total. The predicted octanol–water partition coefficient (Wildman–Crippen LogP) is 4.09. The Hall–Kier alpha value is -2.05. The van der Waals surface area contributed by atoms with Crippen molar-refractivity contribution >= 4 is 23.0 Å². The van der Waals surface area contributed by atoms with E-state index in [2.05, 4.69) is 5.32 Å². The van der Waals surface area contributed by atoms with Crippen LogP contribution in [0.1, 0.15) is 5.56 Å². The molecule has 0 radical (unpaired) electrons. The van der Waals surface area contributed by atoms with Gasteiger partial charge >= 0.3 is 0 Å². The summed E-state index contributed by atoms with van der Waals surface area (Å²) in [7, 11) is 0. The average Bonchev–Trinajstić information content (AvgIpc) is 2.31. The first kappa shape index (κ1) is 11.4. The molecule has 0 aromatic heterocycles. The average molecular weight is 247 g/mol. The van der Waals surface area contributed by atoms with Gasteiger partial charge in [0.1, 0.15) is 11.9 Å². The molecule has 0 spiro atoms. The number of nitrogens with zero attached hydrogens (tertiary/aromatic N) is 1. The van der Waals surface area contributed by atoms with Gasteiger partial charge in [0.15, 0.2) is 0 Å². The standard InChI is InChI=1S/C13H8ClFN2/c14-10-4-5-13(9(6-10)8-16)17-12-3-1-2-11(15)7-12/h1-7,17H. The van der Waals surface area contributed by atoms with Crippen molar-refractivity contribution in [1.29, 1.82) is 5.26 Å².